The van der Waals surface area contributed by atoms with Gasteiger partial charge in [-0.05, 0) is 62.0 Å². The Hall–Kier alpha value is -1.45. The Labute approximate surface area is 120 Å². The second-order valence-electron chi connectivity index (χ2n) is 5.85. The Morgan fingerprint density at radius 2 is 2.25 bits per heavy atom. The maximum Gasteiger partial charge on any atom is 0.0702 e. The monoisotopic (exact) mass is 269 g/mol. The zero-order chi connectivity index (χ0) is 13.8. The number of hydrogen-bond donors (Lipinski definition) is 1. The highest BCUT2D eigenvalue weighted by atomic mass is 15.1. The molecule has 3 nitrogen and oxygen atoms in total. The molecule has 1 unspecified atom stereocenters. The van der Waals surface area contributed by atoms with Gasteiger partial charge in [0.05, 0.1) is 5.52 Å². The number of nitrogens with two attached hydrogens (primary N) is 1. The Morgan fingerprint density at radius 1 is 1.30 bits per heavy atom. The van der Waals surface area contributed by atoms with Crippen molar-refractivity contribution in [2.24, 2.45) is 11.7 Å². The van der Waals surface area contributed by atoms with Crippen molar-refractivity contribution in [1.82, 2.24) is 9.88 Å². The van der Waals surface area contributed by atoms with Gasteiger partial charge < -0.3 is 5.73 Å². The van der Waals surface area contributed by atoms with Gasteiger partial charge in [0.15, 0.2) is 0 Å². The molecule has 2 aromatic rings. The minimum Gasteiger partial charge on any atom is -0.330 e. The Balaban J connectivity index is 1.69. The topological polar surface area (TPSA) is 42.1 Å². The number of likely N-dealkylation sites (tertiary alicyclic amines) is 1. The van der Waals surface area contributed by atoms with Gasteiger partial charge in [0.1, 0.15) is 0 Å². The van der Waals surface area contributed by atoms with Crippen molar-refractivity contribution in [3.05, 3.63) is 42.1 Å². The van der Waals surface area contributed by atoms with Gasteiger partial charge in [-0.1, -0.05) is 12.1 Å². The van der Waals surface area contributed by atoms with Crippen LogP contribution >= 0.6 is 0 Å². The molecule has 1 aromatic carbocycles. The fourth-order valence-corrected chi connectivity index (χ4v) is 3.25. The van der Waals surface area contributed by atoms with Crippen LogP contribution in [0, 0.1) is 5.92 Å². The number of nitrogens with zero attached hydrogens (tertiary/aromatic N) is 2. The molecule has 1 aliphatic heterocycles. The predicted molar refractivity (Wildman–Crippen MR) is 83.4 cm³/mol. The molecule has 1 saturated heterocycles. The first-order valence-electron chi connectivity index (χ1n) is 7.61. The first kappa shape index (κ1) is 13.5. The van der Waals surface area contributed by atoms with Gasteiger partial charge in [0.2, 0.25) is 0 Å². The van der Waals surface area contributed by atoms with E-state index in [4.69, 9.17) is 5.73 Å². The van der Waals surface area contributed by atoms with Crippen molar-refractivity contribution in [3.63, 3.8) is 0 Å². The van der Waals surface area contributed by atoms with E-state index in [1.54, 1.807) is 0 Å². The van der Waals surface area contributed by atoms with Crippen LogP contribution in [0.5, 0.6) is 0 Å². The average Bonchev–Trinajstić information content (AvgIpc) is 2.48. The highest BCUT2D eigenvalue weighted by Gasteiger charge is 2.19. The summed E-state index contributed by atoms with van der Waals surface area (Å²) in [6.07, 6.45) is 5.66. The van der Waals surface area contributed by atoms with E-state index in [0.717, 1.165) is 30.9 Å². The van der Waals surface area contributed by atoms with Gasteiger partial charge in [0.25, 0.3) is 0 Å². The Morgan fingerprint density at radius 3 is 3.15 bits per heavy atom. The molecule has 20 heavy (non-hydrogen) atoms. The second-order valence-corrected chi connectivity index (χ2v) is 5.85. The molecule has 106 valence electrons. The number of rotatable bonds is 4. The maximum atomic E-state index is 5.69. The van der Waals surface area contributed by atoms with E-state index >= 15 is 0 Å². The summed E-state index contributed by atoms with van der Waals surface area (Å²) in [4.78, 5) is 6.95. The van der Waals surface area contributed by atoms with E-state index in [-0.39, 0.29) is 0 Å². The standard InChI is InChI=1S/C17H23N3/c18-8-7-14-3-2-10-20(12-14)13-15-5-6-17-16(11-15)4-1-9-19-17/h1,4-6,9,11,14H,2-3,7-8,10,12-13,18H2. The molecule has 3 rings (SSSR count). The van der Waals surface area contributed by atoms with E-state index in [1.807, 2.05) is 12.3 Å². The van der Waals surface area contributed by atoms with Crippen LogP contribution in [-0.2, 0) is 6.54 Å². The number of hydrogen-bond acceptors (Lipinski definition) is 3. The summed E-state index contributed by atoms with van der Waals surface area (Å²) >= 11 is 0. The molecule has 0 bridgehead atoms. The third kappa shape index (κ3) is 3.17. The van der Waals surface area contributed by atoms with Crippen LogP contribution < -0.4 is 5.73 Å². The second kappa shape index (κ2) is 6.33. The van der Waals surface area contributed by atoms with Crippen LogP contribution in [0.15, 0.2) is 36.5 Å². The number of pyridine rings is 1. The van der Waals surface area contributed by atoms with Crippen LogP contribution in [0.3, 0.4) is 0 Å². The third-order valence-electron chi connectivity index (χ3n) is 4.25. The van der Waals surface area contributed by atoms with Crippen molar-refractivity contribution >= 4 is 10.9 Å². The van der Waals surface area contributed by atoms with E-state index in [1.165, 1.54) is 36.9 Å². The molecule has 3 heteroatoms. The molecule has 1 atom stereocenters. The summed E-state index contributed by atoms with van der Waals surface area (Å²) in [6, 6.07) is 10.8. The molecule has 2 N–H and O–H groups in total. The maximum absolute atomic E-state index is 5.69. The summed E-state index contributed by atoms with van der Waals surface area (Å²) in [5.74, 6) is 0.788. The number of aromatic nitrogens is 1. The van der Waals surface area contributed by atoms with E-state index in [2.05, 4.69) is 34.1 Å². The summed E-state index contributed by atoms with van der Waals surface area (Å²) in [6.45, 7) is 4.28. The smallest absolute Gasteiger partial charge is 0.0702 e. The highest BCUT2D eigenvalue weighted by Crippen LogP contribution is 2.22. The van der Waals surface area contributed by atoms with Crippen LogP contribution in [0.2, 0.25) is 0 Å². The first-order valence-corrected chi connectivity index (χ1v) is 7.61. The predicted octanol–water partition coefficient (Wildman–Crippen LogP) is 2.80. The van der Waals surface area contributed by atoms with Crippen molar-refractivity contribution in [1.29, 1.82) is 0 Å². The third-order valence-corrected chi connectivity index (χ3v) is 4.25. The number of benzene rings is 1. The lowest BCUT2D eigenvalue weighted by Crippen LogP contribution is -2.35. The zero-order valence-corrected chi connectivity index (χ0v) is 12.0. The van der Waals surface area contributed by atoms with Gasteiger partial charge in [-0.2, -0.15) is 0 Å². The fraction of sp³-hybridized carbons (Fsp3) is 0.471. The quantitative estimate of drug-likeness (QED) is 0.928. The van der Waals surface area contributed by atoms with Crippen molar-refractivity contribution in [2.75, 3.05) is 19.6 Å². The number of fused-ring (bicyclic) bond motifs is 1. The Bertz CT molecular complexity index is 565. The van der Waals surface area contributed by atoms with Gasteiger partial charge in [-0.25, -0.2) is 0 Å². The molecular weight excluding hydrogens is 246 g/mol. The fourth-order valence-electron chi connectivity index (χ4n) is 3.25. The number of piperidine rings is 1. The SMILES string of the molecule is NCCC1CCCN(Cc2ccc3ncccc3c2)C1. The van der Waals surface area contributed by atoms with E-state index in [0.29, 0.717) is 0 Å². The van der Waals surface area contributed by atoms with Gasteiger partial charge >= 0.3 is 0 Å². The van der Waals surface area contributed by atoms with Crippen LogP contribution in [0.4, 0.5) is 0 Å². The molecule has 0 spiro atoms. The normalized spacial score (nSPS) is 20.4. The average molecular weight is 269 g/mol. The first-order chi connectivity index (χ1) is 9.85. The molecule has 0 radical (unpaired) electrons. The largest absolute Gasteiger partial charge is 0.330 e. The van der Waals surface area contributed by atoms with Crippen molar-refractivity contribution < 1.29 is 0 Å². The molecule has 1 fully saturated rings. The Kier molecular flexibility index (Phi) is 4.28. The van der Waals surface area contributed by atoms with Gasteiger partial charge in [-0.15, -0.1) is 0 Å². The lowest BCUT2D eigenvalue weighted by atomic mass is 9.94. The van der Waals surface area contributed by atoms with Crippen LogP contribution in [0.1, 0.15) is 24.8 Å². The lowest BCUT2D eigenvalue weighted by molar-refractivity contribution is 0.163. The summed E-state index contributed by atoms with van der Waals surface area (Å²) in [5, 5.41) is 1.24. The van der Waals surface area contributed by atoms with Crippen LogP contribution in [0.25, 0.3) is 10.9 Å². The van der Waals surface area contributed by atoms with Crippen LogP contribution in [-0.4, -0.2) is 29.5 Å². The van der Waals surface area contributed by atoms with Crippen molar-refractivity contribution in [2.45, 2.75) is 25.8 Å². The molecule has 0 amide bonds. The molecule has 2 heterocycles. The summed E-state index contributed by atoms with van der Waals surface area (Å²) in [7, 11) is 0. The summed E-state index contributed by atoms with van der Waals surface area (Å²) in [5.41, 5.74) is 8.16. The molecule has 0 aliphatic carbocycles. The van der Waals surface area contributed by atoms with Gasteiger partial charge in [0, 0.05) is 24.7 Å². The molecular formula is C17H23N3. The minimum absolute atomic E-state index is 0.788. The van der Waals surface area contributed by atoms with E-state index < -0.39 is 0 Å². The molecule has 1 aliphatic rings. The minimum atomic E-state index is 0.788. The summed E-state index contributed by atoms with van der Waals surface area (Å²) < 4.78 is 0. The highest BCUT2D eigenvalue weighted by molar-refractivity contribution is 5.78. The van der Waals surface area contributed by atoms with E-state index in [9.17, 15) is 0 Å². The molecule has 1 aromatic heterocycles. The zero-order valence-electron chi connectivity index (χ0n) is 12.0. The lowest BCUT2D eigenvalue weighted by Gasteiger charge is -2.32. The molecule has 0 saturated carbocycles. The van der Waals surface area contributed by atoms with Crippen molar-refractivity contribution in [3.8, 4) is 0 Å². The van der Waals surface area contributed by atoms with Gasteiger partial charge in [-0.3, -0.25) is 9.88 Å².